The molecule has 2 unspecified atom stereocenters. The number of amides is 2. The van der Waals surface area contributed by atoms with Gasteiger partial charge in [0.2, 0.25) is 5.91 Å². The maximum Gasteiger partial charge on any atom is 0.250 e. The lowest BCUT2D eigenvalue weighted by Gasteiger charge is -2.41. The molecule has 2 aliphatic rings. The second-order valence-electron chi connectivity index (χ2n) is 5.48. The molecule has 2 heterocycles. The van der Waals surface area contributed by atoms with E-state index in [1.165, 1.54) is 0 Å². The Morgan fingerprint density at radius 3 is 2.75 bits per heavy atom. The molecule has 0 aromatic heterocycles. The molecule has 0 radical (unpaired) electrons. The van der Waals surface area contributed by atoms with Crippen molar-refractivity contribution in [1.29, 1.82) is 0 Å². The fourth-order valence-electron chi connectivity index (χ4n) is 3.13. The molecule has 2 saturated heterocycles. The van der Waals surface area contributed by atoms with Gasteiger partial charge in [0.25, 0.3) is 5.91 Å². The van der Waals surface area contributed by atoms with Crippen molar-refractivity contribution >= 4 is 33.4 Å². The summed E-state index contributed by atoms with van der Waals surface area (Å²) < 4.78 is 0.888. The summed E-state index contributed by atoms with van der Waals surface area (Å²) in [6.07, 6.45) is 1.69. The Morgan fingerprint density at radius 2 is 2.00 bits per heavy atom. The minimum absolute atomic E-state index is 0.0425. The van der Waals surface area contributed by atoms with E-state index in [0.29, 0.717) is 6.54 Å². The van der Waals surface area contributed by atoms with E-state index >= 15 is 0 Å². The van der Waals surface area contributed by atoms with E-state index in [9.17, 15) is 9.59 Å². The van der Waals surface area contributed by atoms with Crippen molar-refractivity contribution in [2.24, 2.45) is 0 Å². The molecular formula is C15H17BrN2O2. The maximum absolute atomic E-state index is 12.7. The van der Waals surface area contributed by atoms with Gasteiger partial charge in [-0.1, -0.05) is 12.1 Å². The summed E-state index contributed by atoms with van der Waals surface area (Å²) >= 11 is 3.54. The zero-order valence-electron chi connectivity index (χ0n) is 11.6. The van der Waals surface area contributed by atoms with Crippen LogP contribution in [0.15, 0.2) is 22.7 Å². The number of rotatable bonds is 1. The summed E-state index contributed by atoms with van der Waals surface area (Å²) in [6.45, 7) is 4.50. The molecule has 2 aliphatic heterocycles. The topological polar surface area (TPSA) is 40.6 Å². The normalized spacial score (nSPS) is 26.1. The second-order valence-corrected chi connectivity index (χ2v) is 6.27. The summed E-state index contributed by atoms with van der Waals surface area (Å²) in [5, 5.41) is 0. The number of carbonyl (C=O) groups is 2. The first-order valence-corrected chi connectivity index (χ1v) is 7.70. The van der Waals surface area contributed by atoms with Crippen LogP contribution >= 0.6 is 15.9 Å². The number of benzene rings is 1. The standard InChI is InChI=1S/C15H17BrN2O2/c1-9-5-3-6-11(13(9)16)18-10(2)14(19)17-8-4-7-12(17)15(18)20/h3,5-6,10,12H,4,7-8H2,1-2H3. The predicted octanol–water partition coefficient (Wildman–Crippen LogP) is 2.48. The Morgan fingerprint density at radius 1 is 1.25 bits per heavy atom. The third-order valence-corrected chi connectivity index (χ3v) is 5.27. The van der Waals surface area contributed by atoms with Crippen molar-refractivity contribution in [2.75, 3.05) is 11.4 Å². The van der Waals surface area contributed by atoms with Gasteiger partial charge in [0.15, 0.2) is 0 Å². The quantitative estimate of drug-likeness (QED) is 0.790. The number of halogens is 1. The second kappa shape index (κ2) is 4.88. The number of anilines is 1. The number of hydrogen-bond donors (Lipinski definition) is 0. The van der Waals surface area contributed by atoms with Crippen LogP contribution in [0.2, 0.25) is 0 Å². The summed E-state index contributed by atoms with van der Waals surface area (Å²) in [4.78, 5) is 28.6. The van der Waals surface area contributed by atoms with Crippen molar-refractivity contribution in [3.05, 3.63) is 28.2 Å². The van der Waals surface area contributed by atoms with E-state index in [1.807, 2.05) is 32.0 Å². The lowest BCUT2D eigenvalue weighted by Crippen LogP contribution is -2.62. The highest BCUT2D eigenvalue weighted by Crippen LogP contribution is 2.35. The Kier molecular flexibility index (Phi) is 3.32. The van der Waals surface area contributed by atoms with Gasteiger partial charge in [-0.15, -0.1) is 0 Å². The zero-order chi connectivity index (χ0) is 14.4. The van der Waals surface area contributed by atoms with Crippen molar-refractivity contribution in [1.82, 2.24) is 4.90 Å². The van der Waals surface area contributed by atoms with E-state index in [4.69, 9.17) is 0 Å². The van der Waals surface area contributed by atoms with Gasteiger partial charge in [-0.05, 0) is 54.2 Å². The van der Waals surface area contributed by atoms with Gasteiger partial charge in [0.1, 0.15) is 12.1 Å². The van der Waals surface area contributed by atoms with Crippen LogP contribution in [0.4, 0.5) is 5.69 Å². The number of aryl methyl sites for hydroxylation is 1. The van der Waals surface area contributed by atoms with Gasteiger partial charge in [-0.25, -0.2) is 0 Å². The third-order valence-electron chi connectivity index (χ3n) is 4.23. The molecule has 20 heavy (non-hydrogen) atoms. The highest BCUT2D eigenvalue weighted by atomic mass is 79.9. The Hall–Kier alpha value is -1.36. The molecule has 2 fully saturated rings. The average Bonchev–Trinajstić information content (AvgIpc) is 2.91. The van der Waals surface area contributed by atoms with Gasteiger partial charge in [0.05, 0.1) is 5.69 Å². The number of nitrogens with zero attached hydrogens (tertiary/aromatic N) is 2. The molecule has 0 bridgehead atoms. The predicted molar refractivity (Wildman–Crippen MR) is 80.6 cm³/mol. The first kappa shape index (κ1) is 13.6. The summed E-state index contributed by atoms with van der Waals surface area (Å²) in [5.74, 6) is 0.0985. The lowest BCUT2D eigenvalue weighted by molar-refractivity contribution is -0.143. The third kappa shape index (κ3) is 1.87. The number of hydrogen-bond acceptors (Lipinski definition) is 2. The van der Waals surface area contributed by atoms with Crippen LogP contribution in [-0.4, -0.2) is 35.3 Å². The molecule has 3 rings (SSSR count). The Balaban J connectivity index is 2.06. The minimum Gasteiger partial charge on any atom is -0.329 e. The number of carbonyl (C=O) groups excluding carboxylic acids is 2. The van der Waals surface area contributed by atoms with Crippen LogP contribution in [0.1, 0.15) is 25.3 Å². The fourth-order valence-corrected chi connectivity index (χ4v) is 3.59. The highest BCUT2D eigenvalue weighted by molar-refractivity contribution is 9.10. The van der Waals surface area contributed by atoms with Gasteiger partial charge >= 0.3 is 0 Å². The van der Waals surface area contributed by atoms with Crippen LogP contribution in [0.3, 0.4) is 0 Å². The average molecular weight is 337 g/mol. The molecular weight excluding hydrogens is 320 g/mol. The van der Waals surface area contributed by atoms with Crippen molar-refractivity contribution in [3.63, 3.8) is 0 Å². The molecule has 2 amide bonds. The SMILES string of the molecule is Cc1cccc(N2C(=O)C3CCCN3C(=O)C2C)c1Br. The van der Waals surface area contributed by atoms with Crippen LogP contribution in [0.5, 0.6) is 0 Å². The molecule has 0 saturated carbocycles. The number of fused-ring (bicyclic) bond motifs is 1. The fraction of sp³-hybridized carbons (Fsp3) is 0.467. The summed E-state index contributed by atoms with van der Waals surface area (Å²) in [6, 6.07) is 5.08. The first-order chi connectivity index (χ1) is 9.52. The maximum atomic E-state index is 12.7. The largest absolute Gasteiger partial charge is 0.329 e. The van der Waals surface area contributed by atoms with E-state index in [-0.39, 0.29) is 17.9 Å². The molecule has 106 valence electrons. The zero-order valence-corrected chi connectivity index (χ0v) is 13.2. The number of piperazine rings is 1. The molecule has 2 atom stereocenters. The minimum atomic E-state index is -0.435. The monoisotopic (exact) mass is 336 g/mol. The molecule has 5 heteroatoms. The van der Waals surface area contributed by atoms with Crippen LogP contribution < -0.4 is 4.90 Å². The van der Waals surface area contributed by atoms with Gasteiger partial charge in [0, 0.05) is 11.0 Å². The smallest absolute Gasteiger partial charge is 0.250 e. The molecule has 1 aromatic rings. The van der Waals surface area contributed by atoms with E-state index in [1.54, 1.807) is 9.80 Å². The molecule has 0 spiro atoms. The van der Waals surface area contributed by atoms with E-state index < -0.39 is 6.04 Å². The van der Waals surface area contributed by atoms with Crippen LogP contribution in [-0.2, 0) is 9.59 Å². The molecule has 4 nitrogen and oxygen atoms in total. The van der Waals surface area contributed by atoms with Crippen molar-refractivity contribution in [3.8, 4) is 0 Å². The van der Waals surface area contributed by atoms with Crippen molar-refractivity contribution in [2.45, 2.75) is 38.8 Å². The van der Waals surface area contributed by atoms with Gasteiger partial charge in [-0.3, -0.25) is 14.5 Å². The first-order valence-electron chi connectivity index (χ1n) is 6.91. The Bertz CT molecular complexity index is 587. The molecule has 0 aliphatic carbocycles. The Labute approximate surface area is 126 Å². The van der Waals surface area contributed by atoms with Gasteiger partial charge < -0.3 is 4.90 Å². The van der Waals surface area contributed by atoms with E-state index in [2.05, 4.69) is 15.9 Å². The van der Waals surface area contributed by atoms with E-state index in [0.717, 1.165) is 28.6 Å². The lowest BCUT2D eigenvalue weighted by atomic mass is 10.0. The summed E-state index contributed by atoms with van der Waals surface area (Å²) in [5.41, 5.74) is 1.85. The van der Waals surface area contributed by atoms with Crippen LogP contribution in [0.25, 0.3) is 0 Å². The summed E-state index contributed by atoms with van der Waals surface area (Å²) in [7, 11) is 0. The highest BCUT2D eigenvalue weighted by Gasteiger charge is 2.46. The van der Waals surface area contributed by atoms with Crippen LogP contribution in [0, 0.1) is 6.92 Å². The van der Waals surface area contributed by atoms with Crippen molar-refractivity contribution < 1.29 is 9.59 Å². The molecule has 1 aromatic carbocycles. The van der Waals surface area contributed by atoms with Gasteiger partial charge in [-0.2, -0.15) is 0 Å². The molecule has 0 N–H and O–H groups in total.